The van der Waals surface area contributed by atoms with Crippen molar-refractivity contribution in [1.82, 2.24) is 4.90 Å². The number of amides is 1. The van der Waals surface area contributed by atoms with Crippen LogP contribution in [0, 0.1) is 11.8 Å². The number of hydrogen-bond acceptors (Lipinski definition) is 4. The molecule has 1 aromatic carbocycles. The van der Waals surface area contributed by atoms with Crippen molar-refractivity contribution in [3.8, 4) is 0 Å². The largest absolute Gasteiger partial charge is 0.378 e. The van der Waals surface area contributed by atoms with Crippen LogP contribution in [0.5, 0.6) is 0 Å². The van der Waals surface area contributed by atoms with Gasteiger partial charge in [-0.1, -0.05) is 13.8 Å². The molecule has 138 valence electrons. The monoisotopic (exact) mass is 345 g/mol. The summed E-state index contributed by atoms with van der Waals surface area (Å²) in [4.78, 5) is 17.3. The van der Waals surface area contributed by atoms with Crippen LogP contribution in [-0.4, -0.2) is 56.2 Å². The number of benzene rings is 1. The molecule has 3 atom stereocenters. The van der Waals surface area contributed by atoms with Crippen molar-refractivity contribution in [2.75, 3.05) is 49.6 Å². The van der Waals surface area contributed by atoms with Gasteiger partial charge in [-0.2, -0.15) is 0 Å². The zero-order chi connectivity index (χ0) is 17.8. The van der Waals surface area contributed by atoms with Gasteiger partial charge >= 0.3 is 0 Å². The Balaban J connectivity index is 1.56. The van der Waals surface area contributed by atoms with Gasteiger partial charge in [-0.15, -0.1) is 0 Å². The van der Waals surface area contributed by atoms with Gasteiger partial charge in [0.15, 0.2) is 0 Å². The maximum Gasteiger partial charge on any atom is 0.241 e. The zero-order valence-electron chi connectivity index (χ0n) is 15.7. The number of anilines is 2. The number of rotatable bonds is 4. The van der Waals surface area contributed by atoms with E-state index in [0.717, 1.165) is 45.1 Å². The molecular formula is C20H31N3O2. The van der Waals surface area contributed by atoms with Crippen LogP contribution in [0.2, 0.25) is 0 Å². The van der Waals surface area contributed by atoms with Gasteiger partial charge in [-0.3, -0.25) is 9.69 Å². The van der Waals surface area contributed by atoms with Crippen molar-refractivity contribution in [2.24, 2.45) is 11.8 Å². The van der Waals surface area contributed by atoms with Crippen LogP contribution < -0.4 is 10.2 Å². The van der Waals surface area contributed by atoms with E-state index in [-0.39, 0.29) is 11.9 Å². The van der Waals surface area contributed by atoms with Crippen LogP contribution in [0.25, 0.3) is 0 Å². The molecule has 0 saturated carbocycles. The van der Waals surface area contributed by atoms with E-state index < -0.39 is 0 Å². The van der Waals surface area contributed by atoms with Crippen molar-refractivity contribution >= 4 is 17.3 Å². The molecule has 1 amide bonds. The Labute approximate surface area is 151 Å². The quantitative estimate of drug-likeness (QED) is 0.911. The smallest absolute Gasteiger partial charge is 0.241 e. The Morgan fingerprint density at radius 3 is 2.32 bits per heavy atom. The van der Waals surface area contributed by atoms with Gasteiger partial charge in [0.1, 0.15) is 0 Å². The number of likely N-dealkylation sites (tertiary alicyclic amines) is 1. The van der Waals surface area contributed by atoms with Crippen molar-refractivity contribution in [2.45, 2.75) is 33.2 Å². The summed E-state index contributed by atoms with van der Waals surface area (Å²) >= 11 is 0. The first kappa shape index (κ1) is 18.2. The third-order valence-electron chi connectivity index (χ3n) is 5.34. The van der Waals surface area contributed by atoms with Crippen LogP contribution >= 0.6 is 0 Å². The van der Waals surface area contributed by atoms with Gasteiger partial charge in [0, 0.05) is 37.6 Å². The molecule has 0 aromatic heterocycles. The highest BCUT2D eigenvalue weighted by Gasteiger charge is 2.28. The maximum atomic E-state index is 12.6. The minimum absolute atomic E-state index is 0.0837. The second-order valence-corrected chi connectivity index (χ2v) is 7.71. The van der Waals surface area contributed by atoms with Crippen LogP contribution in [0.4, 0.5) is 11.4 Å². The third-order valence-corrected chi connectivity index (χ3v) is 5.34. The van der Waals surface area contributed by atoms with Gasteiger partial charge in [-0.25, -0.2) is 0 Å². The first-order valence-corrected chi connectivity index (χ1v) is 9.50. The van der Waals surface area contributed by atoms with Gasteiger partial charge in [0.2, 0.25) is 5.91 Å². The summed E-state index contributed by atoms with van der Waals surface area (Å²) in [6.07, 6.45) is 1.26. The summed E-state index contributed by atoms with van der Waals surface area (Å²) in [6, 6.07) is 8.06. The zero-order valence-corrected chi connectivity index (χ0v) is 15.7. The SMILES string of the molecule is C[C@@H]1C[C@H](C)CN([C@H](C)C(=O)Nc2ccc(N3CCOCC3)cc2)C1. The van der Waals surface area contributed by atoms with Gasteiger partial charge < -0.3 is 15.0 Å². The molecule has 3 rings (SSSR count). The predicted octanol–water partition coefficient (Wildman–Crippen LogP) is 2.83. The van der Waals surface area contributed by atoms with E-state index in [1.165, 1.54) is 12.1 Å². The molecule has 2 saturated heterocycles. The molecule has 0 unspecified atom stereocenters. The van der Waals surface area contributed by atoms with Crippen LogP contribution in [-0.2, 0) is 9.53 Å². The van der Waals surface area contributed by atoms with Crippen molar-refractivity contribution in [3.05, 3.63) is 24.3 Å². The normalized spacial score (nSPS) is 26.3. The lowest BCUT2D eigenvalue weighted by Crippen LogP contribution is -2.48. The molecule has 25 heavy (non-hydrogen) atoms. The fraction of sp³-hybridized carbons (Fsp3) is 0.650. The second-order valence-electron chi connectivity index (χ2n) is 7.71. The number of carbonyl (C=O) groups excluding carboxylic acids is 1. The Morgan fingerprint density at radius 2 is 1.72 bits per heavy atom. The van der Waals surface area contributed by atoms with E-state index in [2.05, 4.69) is 41.1 Å². The van der Waals surface area contributed by atoms with E-state index in [9.17, 15) is 4.79 Å². The molecule has 0 bridgehead atoms. The summed E-state index contributed by atoms with van der Waals surface area (Å²) < 4.78 is 5.39. The Hall–Kier alpha value is -1.59. The van der Waals surface area contributed by atoms with E-state index in [1.807, 2.05) is 19.1 Å². The third kappa shape index (κ3) is 4.73. The highest BCUT2D eigenvalue weighted by atomic mass is 16.5. The fourth-order valence-electron chi connectivity index (χ4n) is 4.02. The summed E-state index contributed by atoms with van der Waals surface area (Å²) in [7, 11) is 0. The van der Waals surface area contributed by atoms with Gasteiger partial charge in [-0.05, 0) is 49.4 Å². The van der Waals surface area contributed by atoms with Crippen LogP contribution in [0.15, 0.2) is 24.3 Å². The number of carbonyl (C=O) groups is 1. The van der Waals surface area contributed by atoms with Crippen molar-refractivity contribution < 1.29 is 9.53 Å². The van der Waals surface area contributed by atoms with E-state index in [4.69, 9.17) is 4.74 Å². The summed E-state index contributed by atoms with van der Waals surface area (Å²) in [5.41, 5.74) is 2.06. The predicted molar refractivity (Wildman–Crippen MR) is 102 cm³/mol. The van der Waals surface area contributed by atoms with E-state index >= 15 is 0 Å². The lowest BCUT2D eigenvalue weighted by Gasteiger charge is -2.38. The van der Waals surface area contributed by atoms with Crippen LogP contribution in [0.3, 0.4) is 0 Å². The van der Waals surface area contributed by atoms with Gasteiger partial charge in [0.05, 0.1) is 19.3 Å². The van der Waals surface area contributed by atoms with E-state index in [0.29, 0.717) is 11.8 Å². The number of nitrogens with zero attached hydrogens (tertiary/aromatic N) is 2. The lowest BCUT2D eigenvalue weighted by molar-refractivity contribution is -0.121. The molecule has 5 heteroatoms. The molecule has 1 N–H and O–H groups in total. The van der Waals surface area contributed by atoms with E-state index in [1.54, 1.807) is 0 Å². The molecule has 0 spiro atoms. The summed E-state index contributed by atoms with van der Waals surface area (Å²) in [5, 5.41) is 3.07. The molecule has 2 aliphatic rings. The Bertz CT molecular complexity index is 559. The summed E-state index contributed by atoms with van der Waals surface area (Å²) in [6.45, 7) is 12.0. The molecular weight excluding hydrogens is 314 g/mol. The Kier molecular flexibility index (Phi) is 5.97. The number of hydrogen-bond donors (Lipinski definition) is 1. The molecule has 0 radical (unpaired) electrons. The van der Waals surface area contributed by atoms with Crippen LogP contribution in [0.1, 0.15) is 27.2 Å². The molecule has 2 aliphatic heterocycles. The molecule has 1 aromatic rings. The molecule has 2 fully saturated rings. The fourth-order valence-corrected chi connectivity index (χ4v) is 4.02. The molecule has 5 nitrogen and oxygen atoms in total. The average molecular weight is 345 g/mol. The standard InChI is InChI=1S/C20H31N3O2/c1-15-12-16(2)14-23(13-15)17(3)20(24)21-18-4-6-19(7-5-18)22-8-10-25-11-9-22/h4-7,15-17H,8-14H2,1-3H3,(H,21,24)/t15-,16+,17-/m1/s1. The molecule has 0 aliphatic carbocycles. The minimum Gasteiger partial charge on any atom is -0.378 e. The number of piperidine rings is 1. The average Bonchev–Trinajstić information content (AvgIpc) is 2.61. The first-order chi connectivity index (χ1) is 12.0. The Morgan fingerprint density at radius 1 is 1.12 bits per heavy atom. The maximum absolute atomic E-state index is 12.6. The van der Waals surface area contributed by atoms with Crippen molar-refractivity contribution in [1.29, 1.82) is 0 Å². The number of nitrogens with one attached hydrogen (secondary N) is 1. The first-order valence-electron chi connectivity index (χ1n) is 9.50. The topological polar surface area (TPSA) is 44.8 Å². The van der Waals surface area contributed by atoms with Gasteiger partial charge in [0.25, 0.3) is 0 Å². The number of morpholine rings is 1. The highest BCUT2D eigenvalue weighted by molar-refractivity contribution is 5.94. The second kappa shape index (κ2) is 8.19. The minimum atomic E-state index is -0.0934. The summed E-state index contributed by atoms with van der Waals surface area (Å²) in [5.74, 6) is 1.40. The highest BCUT2D eigenvalue weighted by Crippen LogP contribution is 2.23. The lowest BCUT2D eigenvalue weighted by atomic mass is 9.91. The number of ether oxygens (including phenoxy) is 1. The molecule has 2 heterocycles. The van der Waals surface area contributed by atoms with Crippen molar-refractivity contribution in [3.63, 3.8) is 0 Å².